The fourth-order valence-electron chi connectivity index (χ4n) is 3.75. The van der Waals surface area contributed by atoms with Gasteiger partial charge in [-0.1, -0.05) is 24.3 Å². The summed E-state index contributed by atoms with van der Waals surface area (Å²) in [4.78, 5) is 29.1. The number of H-pyrrole nitrogens is 1. The Kier molecular flexibility index (Phi) is 5.29. The summed E-state index contributed by atoms with van der Waals surface area (Å²) >= 11 is 0. The summed E-state index contributed by atoms with van der Waals surface area (Å²) in [5, 5.41) is 3.24. The molecule has 0 radical (unpaired) electrons. The normalized spacial score (nSPS) is 16.8. The van der Waals surface area contributed by atoms with Gasteiger partial charge in [-0.05, 0) is 47.6 Å². The van der Waals surface area contributed by atoms with E-state index < -0.39 is 11.4 Å². The number of nitrogens with one attached hydrogen (secondary N) is 2. The minimum absolute atomic E-state index is 0.00202. The van der Waals surface area contributed by atoms with Crippen molar-refractivity contribution in [1.29, 1.82) is 0 Å². The molecule has 0 saturated carbocycles. The molecular weight excluding hydrogens is 376 g/mol. The molecule has 0 bridgehead atoms. The van der Waals surface area contributed by atoms with Crippen LogP contribution in [-0.4, -0.2) is 35.4 Å². The van der Waals surface area contributed by atoms with E-state index >= 15 is 0 Å². The molecule has 1 aromatic carbocycles. The molecule has 2 N–H and O–H groups in total. The summed E-state index contributed by atoms with van der Waals surface area (Å²) in [5.41, 5.74) is 2.31. The average molecular weight is 397 g/mol. The lowest BCUT2D eigenvalue weighted by molar-refractivity contribution is -0.130. The van der Waals surface area contributed by atoms with E-state index in [9.17, 15) is 18.4 Å². The molecule has 1 amide bonds. The molecule has 2 aliphatic rings. The second kappa shape index (κ2) is 8.03. The number of fused-ring (bicyclic) bond motifs is 1. The predicted octanol–water partition coefficient (Wildman–Crippen LogP) is 3.10. The summed E-state index contributed by atoms with van der Waals surface area (Å²) < 4.78 is 26.8. The molecule has 0 unspecified atom stereocenters. The van der Waals surface area contributed by atoms with Gasteiger partial charge in [0.05, 0.1) is 5.39 Å². The second-order valence-electron chi connectivity index (χ2n) is 7.21. The minimum atomic E-state index is -0.552. The number of amides is 1. The third-order valence-corrected chi connectivity index (χ3v) is 5.34. The maximum atomic E-state index is 13.8. The van der Waals surface area contributed by atoms with Crippen molar-refractivity contribution in [2.75, 3.05) is 19.6 Å². The third kappa shape index (κ3) is 4.13. The largest absolute Gasteiger partial charge is 0.358 e. The van der Waals surface area contributed by atoms with Gasteiger partial charge in [-0.15, -0.1) is 0 Å². The Morgan fingerprint density at radius 3 is 2.76 bits per heavy atom. The Hall–Kier alpha value is -3.22. The van der Waals surface area contributed by atoms with Gasteiger partial charge < -0.3 is 15.2 Å². The van der Waals surface area contributed by atoms with Crippen molar-refractivity contribution in [3.05, 3.63) is 81.5 Å². The van der Waals surface area contributed by atoms with E-state index in [1.807, 2.05) is 6.08 Å². The summed E-state index contributed by atoms with van der Waals surface area (Å²) in [5.74, 6) is -0.887. The summed E-state index contributed by atoms with van der Waals surface area (Å²) in [6.45, 7) is 1.57. The molecule has 29 heavy (non-hydrogen) atoms. The van der Waals surface area contributed by atoms with Crippen LogP contribution in [0.2, 0.25) is 0 Å². The fraction of sp³-hybridized carbons (Fsp3) is 0.273. The molecule has 2 aromatic rings. The smallest absolute Gasteiger partial charge is 0.258 e. The number of halogens is 2. The van der Waals surface area contributed by atoms with E-state index in [0.717, 1.165) is 17.6 Å². The van der Waals surface area contributed by atoms with E-state index in [2.05, 4.69) is 10.3 Å². The number of benzene rings is 1. The number of aromatic amines is 1. The quantitative estimate of drug-likeness (QED) is 0.780. The van der Waals surface area contributed by atoms with Crippen LogP contribution in [0.3, 0.4) is 0 Å². The third-order valence-electron chi connectivity index (χ3n) is 5.34. The number of allylic oxidation sites excluding steroid dienone is 2. The number of carbonyl (C=O) groups excluding carboxylic acids is 1. The maximum absolute atomic E-state index is 13.8. The van der Waals surface area contributed by atoms with Crippen LogP contribution in [0.1, 0.15) is 18.5 Å². The number of hydrogen-bond acceptors (Lipinski definition) is 3. The zero-order valence-electron chi connectivity index (χ0n) is 15.8. The Balaban J connectivity index is 1.38. The zero-order chi connectivity index (χ0) is 20.4. The van der Waals surface area contributed by atoms with E-state index in [1.54, 1.807) is 29.2 Å². The molecule has 4 rings (SSSR count). The summed E-state index contributed by atoms with van der Waals surface area (Å²) in [7, 11) is 0. The lowest BCUT2D eigenvalue weighted by atomic mass is 9.97. The van der Waals surface area contributed by atoms with Crippen LogP contribution in [0.5, 0.6) is 0 Å². The van der Waals surface area contributed by atoms with Crippen LogP contribution < -0.4 is 10.9 Å². The highest BCUT2D eigenvalue weighted by atomic mass is 19.1. The van der Waals surface area contributed by atoms with Gasteiger partial charge in [0.25, 0.3) is 5.56 Å². The Morgan fingerprint density at radius 2 is 2.03 bits per heavy atom. The average Bonchev–Trinajstić information content (AvgIpc) is 2.72. The van der Waals surface area contributed by atoms with Crippen molar-refractivity contribution in [3.63, 3.8) is 0 Å². The molecule has 0 spiro atoms. The summed E-state index contributed by atoms with van der Waals surface area (Å²) in [6.07, 6.45) is 6.56. The van der Waals surface area contributed by atoms with Crippen LogP contribution >= 0.6 is 0 Å². The van der Waals surface area contributed by atoms with Crippen molar-refractivity contribution in [2.24, 2.45) is 0 Å². The van der Waals surface area contributed by atoms with Crippen molar-refractivity contribution >= 4 is 16.7 Å². The molecule has 3 heterocycles. The first-order valence-corrected chi connectivity index (χ1v) is 9.59. The highest BCUT2D eigenvalue weighted by Gasteiger charge is 2.20. The van der Waals surface area contributed by atoms with Crippen LogP contribution in [-0.2, 0) is 11.2 Å². The van der Waals surface area contributed by atoms with E-state index in [4.69, 9.17) is 0 Å². The predicted molar refractivity (Wildman–Crippen MR) is 107 cm³/mol. The van der Waals surface area contributed by atoms with E-state index in [0.29, 0.717) is 37.1 Å². The lowest BCUT2D eigenvalue weighted by Crippen LogP contribution is -2.35. The van der Waals surface area contributed by atoms with Gasteiger partial charge in [0, 0.05) is 31.7 Å². The first-order chi connectivity index (χ1) is 14.0. The van der Waals surface area contributed by atoms with E-state index in [-0.39, 0.29) is 23.7 Å². The molecular formula is C22H21F2N3O2. The molecule has 2 aliphatic heterocycles. The van der Waals surface area contributed by atoms with Crippen molar-refractivity contribution in [1.82, 2.24) is 15.2 Å². The van der Waals surface area contributed by atoms with Crippen molar-refractivity contribution in [3.8, 4) is 0 Å². The number of pyridine rings is 1. The molecule has 0 saturated heterocycles. The van der Waals surface area contributed by atoms with Gasteiger partial charge in [0.2, 0.25) is 5.91 Å². The lowest BCUT2D eigenvalue weighted by Gasteiger charge is -2.28. The molecule has 0 atom stereocenters. The van der Waals surface area contributed by atoms with Gasteiger partial charge in [-0.2, -0.15) is 4.39 Å². The zero-order valence-corrected chi connectivity index (χ0v) is 15.8. The topological polar surface area (TPSA) is 65.2 Å². The number of dihydropyridines is 1. The summed E-state index contributed by atoms with van der Waals surface area (Å²) in [6, 6.07) is 6.22. The number of rotatable bonds is 4. The van der Waals surface area contributed by atoms with Crippen LogP contribution in [0.4, 0.5) is 8.78 Å². The van der Waals surface area contributed by atoms with Gasteiger partial charge in [0.1, 0.15) is 5.82 Å². The molecule has 150 valence electrons. The Labute approximate surface area is 166 Å². The molecule has 0 aliphatic carbocycles. The SMILES string of the molecule is O=C(CCc1cc2cccc(F)c2c(=O)[nH]1)N1CC=C(C2=CC=C(F)NC2)CC1. The number of aryl methyl sites for hydroxylation is 1. The van der Waals surface area contributed by atoms with Crippen LogP contribution in [0.15, 0.2) is 64.4 Å². The van der Waals surface area contributed by atoms with Crippen LogP contribution in [0, 0.1) is 5.82 Å². The number of hydrogen-bond donors (Lipinski definition) is 2. The molecule has 1 aromatic heterocycles. The van der Waals surface area contributed by atoms with Gasteiger partial charge in [0.15, 0.2) is 5.95 Å². The first kappa shape index (κ1) is 19.1. The number of nitrogens with zero attached hydrogens (tertiary/aromatic N) is 1. The maximum Gasteiger partial charge on any atom is 0.258 e. The highest BCUT2D eigenvalue weighted by molar-refractivity contribution is 5.82. The Bertz CT molecular complexity index is 1110. The monoisotopic (exact) mass is 397 g/mol. The van der Waals surface area contributed by atoms with Crippen molar-refractivity contribution in [2.45, 2.75) is 19.3 Å². The van der Waals surface area contributed by atoms with Gasteiger partial charge in [-0.3, -0.25) is 9.59 Å². The number of aromatic nitrogens is 1. The Morgan fingerprint density at radius 1 is 1.17 bits per heavy atom. The highest BCUT2D eigenvalue weighted by Crippen LogP contribution is 2.22. The fourth-order valence-corrected chi connectivity index (χ4v) is 3.75. The van der Waals surface area contributed by atoms with E-state index in [1.165, 1.54) is 12.1 Å². The molecule has 0 fully saturated rings. The molecule has 7 heteroatoms. The van der Waals surface area contributed by atoms with Gasteiger partial charge >= 0.3 is 0 Å². The second-order valence-corrected chi connectivity index (χ2v) is 7.21. The molecule has 5 nitrogen and oxygen atoms in total. The van der Waals surface area contributed by atoms with Crippen LogP contribution in [0.25, 0.3) is 10.8 Å². The van der Waals surface area contributed by atoms with Gasteiger partial charge in [-0.25, -0.2) is 4.39 Å². The first-order valence-electron chi connectivity index (χ1n) is 9.59. The number of carbonyl (C=O) groups is 1. The standard InChI is InChI=1S/C22H21F2N3O2/c23-18-3-1-2-15-12-17(26-22(29)21(15)18)5-7-20(28)27-10-8-14(9-11-27)16-4-6-19(24)25-13-16/h1-4,6,8,12,25H,5,7,9-11,13H2,(H,26,29). The van der Waals surface area contributed by atoms with Crippen molar-refractivity contribution < 1.29 is 13.6 Å². The minimum Gasteiger partial charge on any atom is -0.358 e.